The molecular formula is C11H10O4S. The summed E-state index contributed by atoms with van der Waals surface area (Å²) in [6, 6.07) is 4.98. The minimum Gasteiger partial charge on any atom is -0.495 e. The Morgan fingerprint density at radius 3 is 2.75 bits per heavy atom. The second-order valence-electron chi connectivity index (χ2n) is 3.40. The zero-order chi connectivity index (χ0) is 11.8. The molecule has 0 aliphatic carbocycles. The molecule has 16 heavy (non-hydrogen) atoms. The number of aldehydes is 1. The van der Waals surface area contributed by atoms with E-state index >= 15 is 0 Å². The second-order valence-corrected chi connectivity index (χ2v) is 5.13. The highest BCUT2D eigenvalue weighted by atomic mass is 32.2. The molecule has 0 amide bonds. The van der Waals surface area contributed by atoms with Crippen molar-refractivity contribution in [2.45, 2.75) is 11.3 Å². The van der Waals surface area contributed by atoms with Crippen LogP contribution in [0.2, 0.25) is 0 Å². The van der Waals surface area contributed by atoms with E-state index in [1.807, 2.05) is 0 Å². The molecule has 5 heteroatoms. The van der Waals surface area contributed by atoms with E-state index in [0.29, 0.717) is 23.2 Å². The zero-order valence-corrected chi connectivity index (χ0v) is 9.45. The smallest absolute Gasteiger partial charge is 0.204 e. The van der Waals surface area contributed by atoms with Gasteiger partial charge in [0.2, 0.25) is 9.84 Å². The molecule has 0 bridgehead atoms. The monoisotopic (exact) mass is 238 g/mol. The highest BCUT2D eigenvalue weighted by Crippen LogP contribution is 2.40. The highest BCUT2D eigenvalue weighted by molar-refractivity contribution is 7.95. The van der Waals surface area contributed by atoms with Crippen LogP contribution in [-0.4, -0.2) is 21.8 Å². The van der Waals surface area contributed by atoms with Crippen molar-refractivity contribution >= 4 is 21.7 Å². The summed E-state index contributed by atoms with van der Waals surface area (Å²) in [5.74, 6) is 0.314. The van der Waals surface area contributed by atoms with E-state index in [0.717, 1.165) is 5.41 Å². The summed E-state index contributed by atoms with van der Waals surface area (Å²) in [4.78, 5) is 10.6. The van der Waals surface area contributed by atoms with Crippen molar-refractivity contribution in [2.24, 2.45) is 0 Å². The summed E-state index contributed by atoms with van der Waals surface area (Å²) in [6.45, 7) is 0. The summed E-state index contributed by atoms with van der Waals surface area (Å²) in [6.07, 6.45) is 0.787. The van der Waals surface area contributed by atoms with E-state index in [1.54, 1.807) is 18.2 Å². The number of rotatable bonds is 3. The molecule has 84 valence electrons. The number of benzene rings is 1. The van der Waals surface area contributed by atoms with Gasteiger partial charge in [-0.3, -0.25) is 0 Å². The summed E-state index contributed by atoms with van der Waals surface area (Å²) in [5.41, 5.74) is 1.08. The van der Waals surface area contributed by atoms with Crippen LogP contribution in [0.5, 0.6) is 5.75 Å². The van der Waals surface area contributed by atoms with Gasteiger partial charge in [-0.05, 0) is 11.6 Å². The van der Waals surface area contributed by atoms with Gasteiger partial charge >= 0.3 is 0 Å². The van der Waals surface area contributed by atoms with Crippen LogP contribution in [0.1, 0.15) is 12.0 Å². The molecule has 0 atom stereocenters. The number of methoxy groups -OCH3 is 1. The first-order valence-electron chi connectivity index (χ1n) is 4.67. The Morgan fingerprint density at radius 2 is 2.12 bits per heavy atom. The zero-order valence-electron chi connectivity index (χ0n) is 8.64. The SMILES string of the molecule is COc1cccc2c1S(=O)(=O)C=C2CC=O. The van der Waals surface area contributed by atoms with Gasteiger partial charge in [0.25, 0.3) is 0 Å². The Kier molecular flexibility index (Phi) is 2.55. The number of hydrogen-bond acceptors (Lipinski definition) is 4. The van der Waals surface area contributed by atoms with E-state index in [1.165, 1.54) is 7.11 Å². The fourth-order valence-electron chi connectivity index (χ4n) is 1.78. The van der Waals surface area contributed by atoms with Gasteiger partial charge in [-0.25, -0.2) is 8.42 Å². The maximum absolute atomic E-state index is 11.8. The van der Waals surface area contributed by atoms with E-state index in [2.05, 4.69) is 0 Å². The first kappa shape index (κ1) is 10.9. The Morgan fingerprint density at radius 1 is 1.38 bits per heavy atom. The molecule has 0 saturated carbocycles. The molecule has 1 aromatic carbocycles. The summed E-state index contributed by atoms with van der Waals surface area (Å²) in [7, 11) is -2.05. The Bertz CT molecular complexity index is 570. The lowest BCUT2D eigenvalue weighted by Crippen LogP contribution is -1.97. The van der Waals surface area contributed by atoms with Crippen molar-refractivity contribution in [1.29, 1.82) is 0 Å². The third-order valence-corrected chi connectivity index (χ3v) is 4.01. The topological polar surface area (TPSA) is 60.4 Å². The van der Waals surface area contributed by atoms with Crippen LogP contribution < -0.4 is 4.74 Å². The van der Waals surface area contributed by atoms with Gasteiger partial charge in [0, 0.05) is 17.4 Å². The lowest BCUT2D eigenvalue weighted by Gasteiger charge is -2.06. The van der Waals surface area contributed by atoms with Gasteiger partial charge in [0.15, 0.2) is 0 Å². The van der Waals surface area contributed by atoms with Gasteiger partial charge in [0.1, 0.15) is 16.9 Å². The lowest BCUT2D eigenvalue weighted by atomic mass is 10.1. The summed E-state index contributed by atoms with van der Waals surface area (Å²) < 4.78 is 28.7. The number of ether oxygens (including phenoxy) is 1. The van der Waals surface area contributed by atoms with Crippen LogP contribution >= 0.6 is 0 Å². The molecule has 1 aliphatic heterocycles. The van der Waals surface area contributed by atoms with Gasteiger partial charge in [0.05, 0.1) is 7.11 Å². The number of sulfone groups is 1. The lowest BCUT2D eigenvalue weighted by molar-refractivity contribution is -0.107. The summed E-state index contributed by atoms with van der Waals surface area (Å²) >= 11 is 0. The minimum atomic E-state index is -3.47. The van der Waals surface area contributed by atoms with E-state index in [4.69, 9.17) is 4.74 Å². The molecule has 0 unspecified atom stereocenters. The van der Waals surface area contributed by atoms with Crippen LogP contribution in [0.25, 0.3) is 5.57 Å². The molecule has 0 N–H and O–H groups in total. The van der Waals surface area contributed by atoms with Gasteiger partial charge in [-0.1, -0.05) is 12.1 Å². The molecule has 0 saturated heterocycles. The normalized spacial score (nSPS) is 16.4. The van der Waals surface area contributed by atoms with Crippen molar-refractivity contribution in [1.82, 2.24) is 0 Å². The van der Waals surface area contributed by atoms with Crippen LogP contribution in [0.3, 0.4) is 0 Å². The minimum absolute atomic E-state index is 0.0966. The number of hydrogen-bond donors (Lipinski definition) is 0. The Hall–Kier alpha value is -1.62. The average molecular weight is 238 g/mol. The summed E-state index contributed by atoms with van der Waals surface area (Å²) in [5, 5.41) is 1.13. The van der Waals surface area contributed by atoms with Crippen molar-refractivity contribution in [3.8, 4) is 5.75 Å². The van der Waals surface area contributed by atoms with Crippen molar-refractivity contribution in [3.63, 3.8) is 0 Å². The fourth-order valence-corrected chi connectivity index (χ4v) is 3.43. The average Bonchev–Trinajstić information content (AvgIpc) is 2.52. The van der Waals surface area contributed by atoms with Crippen molar-refractivity contribution in [3.05, 3.63) is 29.2 Å². The standard InChI is InChI=1S/C11H10O4S/c1-15-10-4-2-3-9-8(5-6-12)7-16(13,14)11(9)10/h2-4,6-7H,5H2,1H3. The fraction of sp³-hybridized carbons (Fsp3) is 0.182. The largest absolute Gasteiger partial charge is 0.495 e. The van der Waals surface area contributed by atoms with Gasteiger partial charge in [-0.15, -0.1) is 0 Å². The molecule has 0 radical (unpaired) electrons. The molecule has 1 aromatic rings. The first-order chi connectivity index (χ1) is 7.60. The highest BCUT2D eigenvalue weighted by Gasteiger charge is 2.29. The first-order valence-corrected chi connectivity index (χ1v) is 6.21. The van der Waals surface area contributed by atoms with Crippen LogP contribution in [0.15, 0.2) is 28.5 Å². The molecule has 2 rings (SSSR count). The third-order valence-electron chi connectivity index (χ3n) is 2.43. The third kappa shape index (κ3) is 1.53. The molecule has 1 heterocycles. The van der Waals surface area contributed by atoms with Crippen molar-refractivity contribution < 1.29 is 17.9 Å². The quantitative estimate of drug-likeness (QED) is 0.747. The van der Waals surface area contributed by atoms with Crippen LogP contribution in [-0.2, 0) is 14.6 Å². The molecule has 0 spiro atoms. The predicted molar refractivity (Wildman–Crippen MR) is 58.8 cm³/mol. The van der Waals surface area contributed by atoms with E-state index < -0.39 is 9.84 Å². The number of carbonyl (C=O) groups excluding carboxylic acids is 1. The Balaban J connectivity index is 2.70. The van der Waals surface area contributed by atoms with Crippen LogP contribution in [0, 0.1) is 0 Å². The maximum atomic E-state index is 11.8. The predicted octanol–water partition coefficient (Wildman–Crippen LogP) is 1.41. The van der Waals surface area contributed by atoms with Gasteiger partial charge in [-0.2, -0.15) is 0 Å². The molecule has 0 fully saturated rings. The molecular weight excluding hydrogens is 228 g/mol. The van der Waals surface area contributed by atoms with Crippen LogP contribution in [0.4, 0.5) is 0 Å². The number of allylic oxidation sites excluding steroid dienone is 1. The number of carbonyl (C=O) groups is 1. The van der Waals surface area contributed by atoms with E-state index in [-0.39, 0.29) is 11.3 Å². The second kappa shape index (κ2) is 3.75. The molecule has 1 aliphatic rings. The van der Waals surface area contributed by atoms with E-state index in [9.17, 15) is 13.2 Å². The van der Waals surface area contributed by atoms with Gasteiger partial charge < -0.3 is 9.53 Å². The molecule has 4 nitrogen and oxygen atoms in total. The molecule has 0 aromatic heterocycles. The number of fused-ring (bicyclic) bond motifs is 1. The Labute approximate surface area is 93.5 Å². The maximum Gasteiger partial charge on any atom is 0.204 e. The van der Waals surface area contributed by atoms with Crippen molar-refractivity contribution in [2.75, 3.05) is 7.11 Å².